The number of hydrogen-bond acceptors (Lipinski definition) is 3. The second-order valence-electron chi connectivity index (χ2n) is 5.05. The zero-order valence-electron chi connectivity index (χ0n) is 10.2. The van der Waals surface area contributed by atoms with E-state index in [2.05, 4.69) is 4.90 Å². The van der Waals surface area contributed by atoms with E-state index in [9.17, 15) is 10.2 Å². The fourth-order valence-corrected chi connectivity index (χ4v) is 2.55. The van der Waals surface area contributed by atoms with Crippen molar-refractivity contribution in [2.24, 2.45) is 0 Å². The maximum atomic E-state index is 9.92. The van der Waals surface area contributed by atoms with E-state index < -0.39 is 11.7 Å². The van der Waals surface area contributed by atoms with Crippen molar-refractivity contribution in [2.45, 2.75) is 32.0 Å². The molecule has 0 saturated carbocycles. The molecule has 1 aromatic carbocycles. The van der Waals surface area contributed by atoms with Crippen LogP contribution >= 0.6 is 11.6 Å². The van der Waals surface area contributed by atoms with Crippen LogP contribution in [0.15, 0.2) is 18.2 Å². The minimum absolute atomic E-state index is 0.557. The lowest BCUT2D eigenvalue weighted by Gasteiger charge is -2.21. The Balaban J connectivity index is 2.21. The second-order valence-corrected chi connectivity index (χ2v) is 5.46. The van der Waals surface area contributed by atoms with E-state index in [1.807, 2.05) is 25.1 Å². The van der Waals surface area contributed by atoms with Crippen molar-refractivity contribution >= 4 is 17.3 Å². The van der Waals surface area contributed by atoms with Crippen LogP contribution in [0.1, 0.15) is 31.9 Å². The number of halogens is 1. The molecule has 0 aliphatic carbocycles. The lowest BCUT2D eigenvalue weighted by atomic mass is 10.1. The number of nitrogens with zero attached hydrogens (tertiary/aromatic N) is 1. The van der Waals surface area contributed by atoms with Crippen molar-refractivity contribution < 1.29 is 10.2 Å². The first-order valence-corrected chi connectivity index (χ1v) is 6.22. The summed E-state index contributed by atoms with van der Waals surface area (Å²) in [5.41, 5.74) is 1.12. The minimum Gasteiger partial charge on any atom is -0.389 e. The number of aliphatic hydroxyl groups is 2. The van der Waals surface area contributed by atoms with Gasteiger partial charge in [-0.1, -0.05) is 17.7 Å². The maximum absolute atomic E-state index is 9.92. The monoisotopic (exact) mass is 255 g/mol. The summed E-state index contributed by atoms with van der Waals surface area (Å²) in [7, 11) is 0. The normalized spacial score (nSPS) is 26.3. The van der Waals surface area contributed by atoms with Crippen LogP contribution in [0.25, 0.3) is 0 Å². The first-order valence-electron chi connectivity index (χ1n) is 5.84. The molecule has 1 aliphatic heterocycles. The highest BCUT2D eigenvalue weighted by Gasteiger charge is 2.31. The number of aliphatic hydroxyl groups excluding tert-OH is 1. The topological polar surface area (TPSA) is 43.7 Å². The summed E-state index contributed by atoms with van der Waals surface area (Å²) in [5.74, 6) is 0. The Morgan fingerprint density at radius 1 is 1.47 bits per heavy atom. The summed E-state index contributed by atoms with van der Waals surface area (Å²) in [6, 6.07) is 5.63. The summed E-state index contributed by atoms with van der Waals surface area (Å²) >= 11 is 6.12. The molecule has 1 saturated heterocycles. The lowest BCUT2D eigenvalue weighted by molar-refractivity contribution is 0.0839. The van der Waals surface area contributed by atoms with E-state index in [0.29, 0.717) is 11.6 Å². The minimum atomic E-state index is -0.616. The molecule has 2 atom stereocenters. The van der Waals surface area contributed by atoms with Gasteiger partial charge in [0.2, 0.25) is 0 Å². The van der Waals surface area contributed by atoms with Crippen molar-refractivity contribution in [3.05, 3.63) is 28.8 Å². The summed E-state index contributed by atoms with van der Waals surface area (Å²) in [4.78, 5) is 2.11. The van der Waals surface area contributed by atoms with Crippen LogP contribution in [-0.4, -0.2) is 28.9 Å². The second kappa shape index (κ2) is 4.48. The smallest absolute Gasteiger partial charge is 0.0810 e. The fraction of sp³-hybridized carbons (Fsp3) is 0.538. The van der Waals surface area contributed by atoms with Crippen LogP contribution in [0, 0.1) is 0 Å². The Morgan fingerprint density at radius 3 is 2.65 bits per heavy atom. The molecule has 94 valence electrons. The van der Waals surface area contributed by atoms with Crippen LogP contribution in [0.2, 0.25) is 5.02 Å². The Hall–Kier alpha value is -0.770. The average Bonchev–Trinajstić information content (AvgIpc) is 2.58. The van der Waals surface area contributed by atoms with Crippen LogP contribution in [0.4, 0.5) is 5.69 Å². The predicted molar refractivity (Wildman–Crippen MR) is 69.5 cm³/mol. The molecule has 1 aliphatic rings. The molecule has 0 radical (unpaired) electrons. The van der Waals surface area contributed by atoms with Gasteiger partial charge in [0, 0.05) is 23.8 Å². The lowest BCUT2D eigenvalue weighted by Crippen LogP contribution is -2.29. The third-order valence-electron chi connectivity index (χ3n) is 3.25. The molecule has 0 amide bonds. The van der Waals surface area contributed by atoms with E-state index in [-0.39, 0.29) is 0 Å². The summed E-state index contributed by atoms with van der Waals surface area (Å²) < 4.78 is 0. The molecule has 1 heterocycles. The molecule has 3 nitrogen and oxygen atoms in total. The SMILES string of the molecule is CC(O)c1ccc(N2CCC(C)(O)C2)cc1Cl. The molecule has 17 heavy (non-hydrogen) atoms. The Bertz CT molecular complexity index is 418. The first kappa shape index (κ1) is 12.7. The third-order valence-corrected chi connectivity index (χ3v) is 3.58. The van der Waals surface area contributed by atoms with Gasteiger partial charge in [0.15, 0.2) is 0 Å². The van der Waals surface area contributed by atoms with Gasteiger partial charge < -0.3 is 15.1 Å². The van der Waals surface area contributed by atoms with E-state index in [4.69, 9.17) is 11.6 Å². The molecule has 2 unspecified atom stereocenters. The highest BCUT2D eigenvalue weighted by Crippen LogP contribution is 2.31. The van der Waals surface area contributed by atoms with Gasteiger partial charge in [0.05, 0.1) is 11.7 Å². The van der Waals surface area contributed by atoms with Crippen molar-refractivity contribution in [1.29, 1.82) is 0 Å². The van der Waals surface area contributed by atoms with Crippen LogP contribution < -0.4 is 4.90 Å². The highest BCUT2D eigenvalue weighted by atomic mass is 35.5. The number of β-amino-alcohol motifs (C(OH)–C–C–N with tert-alkyl or cyclic N) is 1. The molecule has 2 rings (SSSR count). The Morgan fingerprint density at radius 2 is 2.18 bits per heavy atom. The van der Waals surface area contributed by atoms with Crippen LogP contribution in [0.3, 0.4) is 0 Å². The van der Waals surface area contributed by atoms with Crippen molar-refractivity contribution in [3.8, 4) is 0 Å². The molecule has 4 heteroatoms. The number of benzene rings is 1. The number of rotatable bonds is 2. The summed E-state index contributed by atoms with van der Waals surface area (Å²) in [6.45, 7) is 5.00. The van der Waals surface area contributed by atoms with Crippen LogP contribution in [-0.2, 0) is 0 Å². The fourth-order valence-electron chi connectivity index (χ4n) is 2.22. The Labute approximate surface area is 107 Å². The van der Waals surface area contributed by atoms with Gasteiger partial charge in [0.1, 0.15) is 0 Å². The summed E-state index contributed by atoms with van der Waals surface area (Å²) in [5, 5.41) is 20.0. The Kier molecular flexibility index (Phi) is 3.34. The van der Waals surface area contributed by atoms with E-state index >= 15 is 0 Å². The number of hydrogen-bond donors (Lipinski definition) is 2. The largest absolute Gasteiger partial charge is 0.389 e. The first-order chi connectivity index (χ1) is 7.89. The highest BCUT2D eigenvalue weighted by molar-refractivity contribution is 6.31. The van der Waals surface area contributed by atoms with E-state index in [1.54, 1.807) is 6.92 Å². The van der Waals surface area contributed by atoms with Crippen LogP contribution in [0.5, 0.6) is 0 Å². The van der Waals surface area contributed by atoms with Gasteiger partial charge in [0.25, 0.3) is 0 Å². The van der Waals surface area contributed by atoms with Crippen molar-refractivity contribution in [2.75, 3.05) is 18.0 Å². The van der Waals surface area contributed by atoms with E-state index in [0.717, 1.165) is 24.2 Å². The third kappa shape index (κ3) is 2.73. The van der Waals surface area contributed by atoms with Gasteiger partial charge in [-0.25, -0.2) is 0 Å². The predicted octanol–water partition coefficient (Wildman–Crippen LogP) is 2.35. The van der Waals surface area contributed by atoms with Crippen molar-refractivity contribution in [1.82, 2.24) is 0 Å². The average molecular weight is 256 g/mol. The van der Waals surface area contributed by atoms with Crippen molar-refractivity contribution in [3.63, 3.8) is 0 Å². The van der Waals surface area contributed by atoms with Gasteiger partial charge in [-0.3, -0.25) is 0 Å². The molecule has 1 fully saturated rings. The molecule has 2 N–H and O–H groups in total. The summed E-state index contributed by atoms with van der Waals surface area (Å²) in [6.07, 6.45) is 0.209. The zero-order chi connectivity index (χ0) is 12.6. The maximum Gasteiger partial charge on any atom is 0.0810 e. The van der Waals surface area contributed by atoms with E-state index in [1.165, 1.54) is 0 Å². The zero-order valence-corrected chi connectivity index (χ0v) is 10.9. The molecule has 0 aromatic heterocycles. The van der Waals surface area contributed by atoms with Gasteiger partial charge in [-0.05, 0) is 38.0 Å². The molecular weight excluding hydrogens is 238 g/mol. The quantitative estimate of drug-likeness (QED) is 0.853. The number of anilines is 1. The molecule has 0 bridgehead atoms. The van der Waals surface area contributed by atoms with Gasteiger partial charge >= 0.3 is 0 Å². The molecular formula is C13H18ClNO2. The molecule has 1 aromatic rings. The van der Waals surface area contributed by atoms with Gasteiger partial charge in [-0.15, -0.1) is 0 Å². The van der Waals surface area contributed by atoms with Gasteiger partial charge in [-0.2, -0.15) is 0 Å². The molecule has 0 spiro atoms. The standard InChI is InChI=1S/C13H18ClNO2/c1-9(16)11-4-3-10(7-12(11)14)15-6-5-13(2,17)8-15/h3-4,7,9,16-17H,5-6,8H2,1-2H3.